The lowest BCUT2D eigenvalue weighted by atomic mass is 10.1. The highest BCUT2D eigenvalue weighted by molar-refractivity contribution is 7.15. The molecule has 0 atom stereocenters. The molecule has 0 fully saturated rings. The number of hydrogen-bond donors (Lipinski definition) is 1. The third kappa shape index (κ3) is 2.73. The van der Waals surface area contributed by atoms with Crippen molar-refractivity contribution in [1.29, 1.82) is 0 Å². The molecular weight excluding hydrogens is 286 g/mol. The lowest BCUT2D eigenvalue weighted by Gasteiger charge is -2.03. The summed E-state index contributed by atoms with van der Waals surface area (Å²) in [6.45, 7) is 0. The summed E-state index contributed by atoms with van der Waals surface area (Å²) < 4.78 is 50.2. The van der Waals surface area contributed by atoms with Crippen LogP contribution >= 0.6 is 11.3 Å². The number of alkyl halides is 3. The van der Waals surface area contributed by atoms with Gasteiger partial charge in [-0.15, -0.1) is 11.3 Å². The van der Waals surface area contributed by atoms with Crippen molar-refractivity contribution in [2.24, 2.45) is 0 Å². The number of benzene rings is 1. The zero-order chi connectivity index (χ0) is 14.2. The van der Waals surface area contributed by atoms with E-state index in [1.165, 1.54) is 0 Å². The molecule has 1 aromatic carbocycles. The number of carboxylic acid groups (broad SMARTS) is 1. The van der Waals surface area contributed by atoms with Gasteiger partial charge in [-0.25, -0.2) is 14.2 Å². The third-order valence-corrected chi connectivity index (χ3v) is 3.30. The zero-order valence-electron chi connectivity index (χ0n) is 9.03. The number of aromatic nitrogens is 1. The van der Waals surface area contributed by atoms with Crippen LogP contribution in [0.2, 0.25) is 0 Å². The molecule has 0 unspecified atom stereocenters. The van der Waals surface area contributed by atoms with Crippen molar-refractivity contribution in [3.63, 3.8) is 0 Å². The summed E-state index contributed by atoms with van der Waals surface area (Å²) in [7, 11) is 0. The standard InChI is InChI=1S/C11H5F4NO2S/c12-5-1-2-6(7(3-5)9(17)18)8-4-16-10(19-8)11(13,14)15/h1-4H,(H,17,18). The summed E-state index contributed by atoms with van der Waals surface area (Å²) in [4.78, 5) is 14.2. The fourth-order valence-electron chi connectivity index (χ4n) is 1.44. The molecule has 1 N–H and O–H groups in total. The van der Waals surface area contributed by atoms with Crippen LogP contribution in [0, 0.1) is 5.82 Å². The maximum absolute atomic E-state index is 13.0. The van der Waals surface area contributed by atoms with Crippen LogP contribution in [0.15, 0.2) is 24.4 Å². The van der Waals surface area contributed by atoms with Gasteiger partial charge < -0.3 is 5.11 Å². The molecule has 2 aromatic rings. The van der Waals surface area contributed by atoms with Crippen LogP contribution in [0.5, 0.6) is 0 Å². The highest BCUT2D eigenvalue weighted by atomic mass is 32.1. The van der Waals surface area contributed by atoms with Gasteiger partial charge in [-0.05, 0) is 18.2 Å². The molecule has 2 rings (SSSR count). The second-order valence-corrected chi connectivity index (χ2v) is 4.55. The molecule has 1 aromatic heterocycles. The quantitative estimate of drug-likeness (QED) is 0.859. The van der Waals surface area contributed by atoms with E-state index in [4.69, 9.17) is 5.11 Å². The van der Waals surface area contributed by atoms with Crippen LogP contribution < -0.4 is 0 Å². The molecule has 3 nitrogen and oxygen atoms in total. The van der Waals surface area contributed by atoms with E-state index in [0.29, 0.717) is 11.3 Å². The number of carboxylic acids is 1. The van der Waals surface area contributed by atoms with Gasteiger partial charge in [0.25, 0.3) is 0 Å². The molecule has 1 heterocycles. The SMILES string of the molecule is O=C(O)c1cc(F)ccc1-c1cnc(C(F)(F)F)s1. The minimum Gasteiger partial charge on any atom is -0.478 e. The lowest BCUT2D eigenvalue weighted by molar-refractivity contribution is -0.137. The lowest BCUT2D eigenvalue weighted by Crippen LogP contribution is -2.02. The monoisotopic (exact) mass is 291 g/mol. The zero-order valence-corrected chi connectivity index (χ0v) is 9.85. The van der Waals surface area contributed by atoms with Crippen LogP contribution in [0.1, 0.15) is 15.4 Å². The van der Waals surface area contributed by atoms with Crippen LogP contribution in [0.3, 0.4) is 0 Å². The Balaban J connectivity index is 2.53. The minimum absolute atomic E-state index is 0.00176. The minimum atomic E-state index is -4.59. The maximum Gasteiger partial charge on any atom is 0.443 e. The summed E-state index contributed by atoms with van der Waals surface area (Å²) >= 11 is 0.308. The van der Waals surface area contributed by atoms with E-state index < -0.39 is 28.5 Å². The summed E-state index contributed by atoms with van der Waals surface area (Å²) in [6, 6.07) is 2.85. The molecular formula is C11H5F4NO2S. The average molecular weight is 291 g/mol. The van der Waals surface area contributed by atoms with E-state index >= 15 is 0 Å². The van der Waals surface area contributed by atoms with Gasteiger partial charge in [0.2, 0.25) is 0 Å². The molecule has 0 saturated heterocycles. The van der Waals surface area contributed by atoms with E-state index in [1.807, 2.05) is 0 Å². The van der Waals surface area contributed by atoms with Crippen molar-refractivity contribution in [3.05, 3.63) is 40.8 Å². The summed E-state index contributed by atoms with van der Waals surface area (Å²) in [5.74, 6) is -2.20. The van der Waals surface area contributed by atoms with Crippen molar-refractivity contribution in [1.82, 2.24) is 4.98 Å². The van der Waals surface area contributed by atoms with Crippen molar-refractivity contribution in [2.45, 2.75) is 6.18 Å². The first-order chi connectivity index (χ1) is 8.79. The molecule has 0 radical (unpaired) electrons. The van der Waals surface area contributed by atoms with Gasteiger partial charge >= 0.3 is 12.1 Å². The number of hydrogen-bond acceptors (Lipinski definition) is 3. The molecule has 0 aliphatic rings. The van der Waals surface area contributed by atoms with Crippen LogP contribution in [0.4, 0.5) is 17.6 Å². The topological polar surface area (TPSA) is 50.2 Å². The average Bonchev–Trinajstić information content (AvgIpc) is 2.77. The van der Waals surface area contributed by atoms with Gasteiger partial charge in [0.1, 0.15) is 5.82 Å². The van der Waals surface area contributed by atoms with Gasteiger partial charge in [0, 0.05) is 11.8 Å². The Morgan fingerprint density at radius 3 is 2.53 bits per heavy atom. The Morgan fingerprint density at radius 2 is 2.00 bits per heavy atom. The molecule has 0 spiro atoms. The predicted octanol–water partition coefficient (Wildman–Crippen LogP) is 3.67. The van der Waals surface area contributed by atoms with Crippen molar-refractivity contribution in [2.75, 3.05) is 0 Å². The van der Waals surface area contributed by atoms with Gasteiger partial charge in [0.05, 0.1) is 10.4 Å². The fourth-order valence-corrected chi connectivity index (χ4v) is 2.26. The molecule has 0 aliphatic heterocycles. The first-order valence-corrected chi connectivity index (χ1v) is 5.67. The second kappa shape index (κ2) is 4.61. The maximum atomic E-state index is 13.0. The number of nitrogens with zero attached hydrogens (tertiary/aromatic N) is 1. The van der Waals surface area contributed by atoms with Gasteiger partial charge in [0.15, 0.2) is 5.01 Å². The Labute approximate surface area is 108 Å². The van der Waals surface area contributed by atoms with Gasteiger partial charge in [-0.1, -0.05) is 0 Å². The van der Waals surface area contributed by atoms with Gasteiger partial charge in [-0.3, -0.25) is 0 Å². The molecule has 0 aliphatic carbocycles. The summed E-state index contributed by atoms with van der Waals surface area (Å²) in [6.07, 6.45) is -3.67. The fraction of sp³-hybridized carbons (Fsp3) is 0.0909. The molecule has 19 heavy (non-hydrogen) atoms. The molecule has 8 heteroatoms. The largest absolute Gasteiger partial charge is 0.478 e. The Hall–Kier alpha value is -1.96. The highest BCUT2D eigenvalue weighted by Crippen LogP contribution is 2.37. The first-order valence-electron chi connectivity index (χ1n) is 4.85. The molecule has 0 amide bonds. The summed E-state index contributed by atoms with van der Waals surface area (Å²) in [5, 5.41) is 7.83. The number of rotatable bonds is 2. The second-order valence-electron chi connectivity index (χ2n) is 3.52. The smallest absolute Gasteiger partial charge is 0.443 e. The normalized spacial score (nSPS) is 11.6. The van der Waals surface area contributed by atoms with E-state index in [9.17, 15) is 22.4 Å². The van der Waals surface area contributed by atoms with Crippen LogP contribution in [-0.4, -0.2) is 16.1 Å². The predicted molar refractivity (Wildman–Crippen MR) is 59.5 cm³/mol. The summed E-state index contributed by atoms with van der Waals surface area (Å²) in [5.41, 5.74) is -0.403. The molecule has 100 valence electrons. The van der Waals surface area contributed by atoms with E-state index in [-0.39, 0.29) is 10.4 Å². The van der Waals surface area contributed by atoms with E-state index in [0.717, 1.165) is 24.4 Å². The Kier molecular flexibility index (Phi) is 3.27. The highest BCUT2D eigenvalue weighted by Gasteiger charge is 2.35. The van der Waals surface area contributed by atoms with Crippen molar-refractivity contribution < 1.29 is 27.5 Å². The van der Waals surface area contributed by atoms with E-state index in [2.05, 4.69) is 4.98 Å². The Morgan fingerprint density at radius 1 is 1.32 bits per heavy atom. The van der Waals surface area contributed by atoms with Gasteiger partial charge in [-0.2, -0.15) is 13.2 Å². The number of halogens is 4. The number of aromatic carboxylic acids is 1. The number of thiazole rings is 1. The van der Waals surface area contributed by atoms with Crippen LogP contribution in [-0.2, 0) is 6.18 Å². The van der Waals surface area contributed by atoms with Crippen LogP contribution in [0.25, 0.3) is 10.4 Å². The molecule has 0 saturated carbocycles. The molecule has 0 bridgehead atoms. The first kappa shape index (κ1) is 13.5. The third-order valence-electron chi connectivity index (χ3n) is 2.23. The number of carbonyl (C=O) groups is 1. The van der Waals surface area contributed by atoms with Crippen molar-refractivity contribution in [3.8, 4) is 10.4 Å². The Bertz CT molecular complexity index is 636. The van der Waals surface area contributed by atoms with E-state index in [1.54, 1.807) is 0 Å². The van der Waals surface area contributed by atoms with Crippen molar-refractivity contribution >= 4 is 17.3 Å².